The zero-order valence-electron chi connectivity index (χ0n) is 19.9. The molecule has 1 aromatic carbocycles. The fourth-order valence-electron chi connectivity index (χ4n) is 4.37. The Morgan fingerprint density at radius 1 is 1.38 bits per heavy atom. The molecule has 1 aromatic rings. The van der Waals surface area contributed by atoms with Crippen molar-refractivity contribution >= 4 is 5.97 Å². The van der Waals surface area contributed by atoms with Crippen LogP contribution < -0.4 is 21.9 Å². The van der Waals surface area contributed by atoms with Gasteiger partial charge in [0, 0.05) is 32.2 Å². The molecule has 0 radical (unpaired) electrons. The van der Waals surface area contributed by atoms with Gasteiger partial charge in [0.1, 0.15) is 11.8 Å². The van der Waals surface area contributed by atoms with E-state index in [1.807, 2.05) is 11.9 Å². The number of halogens is 3. The lowest BCUT2D eigenvalue weighted by atomic mass is 9.68. The van der Waals surface area contributed by atoms with Crippen LogP contribution in [0, 0.1) is 5.92 Å². The number of aliphatic carboxylic acids is 1. The normalized spacial score (nSPS) is 24.6. The highest BCUT2D eigenvalue weighted by Crippen LogP contribution is 2.37. The number of carbonyl (C=O) groups is 1. The number of piperidine rings is 1. The third kappa shape index (κ3) is 9.92. The van der Waals surface area contributed by atoms with E-state index in [4.69, 9.17) is 10.8 Å². The number of azo groups is 1. The van der Waals surface area contributed by atoms with Crippen molar-refractivity contribution in [3.8, 4) is 5.75 Å². The second-order valence-electron chi connectivity index (χ2n) is 8.68. The fourth-order valence-corrected chi connectivity index (χ4v) is 4.37. The summed E-state index contributed by atoms with van der Waals surface area (Å²) in [5, 5.41) is 19.4. The summed E-state index contributed by atoms with van der Waals surface area (Å²) in [5.41, 5.74) is 6.82. The smallest absolute Gasteiger partial charge is 0.480 e. The monoisotopic (exact) mass is 490 g/mol. The van der Waals surface area contributed by atoms with E-state index in [9.17, 15) is 18.0 Å². The number of nitrogens with zero attached hydrogens (tertiary/aromatic N) is 3. The molecule has 0 aromatic heterocycles. The number of likely N-dealkylation sites (N-methyl/N-ethyl adjacent to an activating group) is 1. The summed E-state index contributed by atoms with van der Waals surface area (Å²) < 4.78 is 40.1. The summed E-state index contributed by atoms with van der Waals surface area (Å²) in [7, 11) is 3.46. The first-order chi connectivity index (χ1) is 15.5. The Kier molecular flexibility index (Phi) is 11.9. The number of fused-ring (bicyclic) bond motifs is 1. The van der Waals surface area contributed by atoms with E-state index in [-0.39, 0.29) is 17.4 Å². The summed E-state index contributed by atoms with van der Waals surface area (Å²) >= 11 is 0. The lowest BCUT2D eigenvalue weighted by Gasteiger charge is -2.47. The molecule has 7 N–H and O–H groups in total. The summed E-state index contributed by atoms with van der Waals surface area (Å²) in [5.74, 6) is -0.489. The Morgan fingerprint density at radius 3 is 2.76 bits per heavy atom. The minimum absolute atomic E-state index is 0. The maximum Gasteiger partial charge on any atom is 0.573 e. The molecule has 3 rings (SSSR count). The molecule has 1 heterocycles. The van der Waals surface area contributed by atoms with Crippen LogP contribution in [0.4, 0.5) is 13.2 Å². The fraction of sp³-hybridized carbons (Fsp3) is 0.682. The molecule has 1 aliphatic carbocycles. The number of ether oxygens (including phenoxy) is 1. The predicted octanol–water partition coefficient (Wildman–Crippen LogP) is 3.58. The molecule has 0 amide bonds. The number of hydrogen-bond acceptors (Lipinski definition) is 8. The van der Waals surface area contributed by atoms with Crippen molar-refractivity contribution in [2.24, 2.45) is 21.9 Å². The third-order valence-electron chi connectivity index (χ3n) is 6.06. The second-order valence-corrected chi connectivity index (χ2v) is 8.68. The third-order valence-corrected chi connectivity index (χ3v) is 6.06. The summed E-state index contributed by atoms with van der Waals surface area (Å²) in [6.07, 6.45) is 0.459. The topological polar surface area (TPSA) is 148 Å². The van der Waals surface area contributed by atoms with Gasteiger partial charge in [-0.1, -0.05) is 25.0 Å². The van der Waals surface area contributed by atoms with Crippen LogP contribution in [-0.2, 0) is 11.3 Å². The van der Waals surface area contributed by atoms with Crippen molar-refractivity contribution in [3.63, 3.8) is 0 Å². The van der Waals surface area contributed by atoms with Crippen LogP contribution in [0.5, 0.6) is 5.75 Å². The number of nitrogens with one attached hydrogen (secondary N) is 1. The quantitative estimate of drug-likeness (QED) is 0.427. The Balaban J connectivity index is 0.000000343. The van der Waals surface area contributed by atoms with Gasteiger partial charge in [0.05, 0.1) is 6.54 Å². The highest BCUT2D eigenvalue weighted by Gasteiger charge is 2.43. The zero-order chi connectivity index (χ0) is 24.5. The van der Waals surface area contributed by atoms with E-state index in [2.05, 4.69) is 20.3 Å². The average molecular weight is 491 g/mol. The van der Waals surface area contributed by atoms with Gasteiger partial charge in [0.15, 0.2) is 0 Å². The molecule has 1 saturated carbocycles. The molecule has 2 aliphatic rings. The van der Waals surface area contributed by atoms with Crippen LogP contribution in [0.15, 0.2) is 34.5 Å². The Labute approximate surface area is 198 Å². The van der Waals surface area contributed by atoms with Crippen LogP contribution in [0.1, 0.15) is 37.7 Å². The highest BCUT2D eigenvalue weighted by molar-refractivity contribution is 5.73. The number of carboxylic acids is 1. The van der Waals surface area contributed by atoms with E-state index < -0.39 is 18.4 Å². The molecule has 194 valence electrons. The van der Waals surface area contributed by atoms with Gasteiger partial charge in [-0.2, -0.15) is 10.2 Å². The van der Waals surface area contributed by atoms with Crippen LogP contribution in [0.25, 0.3) is 0 Å². The minimum atomic E-state index is -4.66. The summed E-state index contributed by atoms with van der Waals surface area (Å²) in [6.45, 7) is 2.54. The average Bonchev–Trinajstić information content (AvgIpc) is 2.72. The van der Waals surface area contributed by atoms with Crippen molar-refractivity contribution < 1.29 is 27.8 Å². The first-order valence-corrected chi connectivity index (χ1v) is 11.1. The molecular weight excluding hydrogens is 453 g/mol. The molecule has 3 atom stereocenters. The number of benzene rings is 1. The summed E-state index contributed by atoms with van der Waals surface area (Å²) in [4.78, 5) is 12.8. The van der Waals surface area contributed by atoms with Gasteiger partial charge in [-0.05, 0) is 49.9 Å². The van der Waals surface area contributed by atoms with Crippen molar-refractivity contribution in [2.45, 2.75) is 56.6 Å². The highest BCUT2D eigenvalue weighted by atomic mass is 19.4. The summed E-state index contributed by atoms with van der Waals surface area (Å²) in [6, 6.07) is 5.51. The molecule has 0 bridgehead atoms. The SMILES string of the molecule is CN=NCCN(C)Cc1cccc(OC(F)(F)F)c1.N.NC12CCCCC1CNC(C(=O)O)C2. The Morgan fingerprint density at radius 2 is 2.12 bits per heavy atom. The van der Waals surface area contributed by atoms with Gasteiger partial charge in [-0.3, -0.25) is 4.79 Å². The Hall–Kier alpha value is -2.28. The molecule has 12 heteroatoms. The molecule has 1 saturated heterocycles. The number of rotatable bonds is 7. The van der Waals surface area contributed by atoms with E-state index in [1.54, 1.807) is 13.1 Å². The molecule has 9 nitrogen and oxygen atoms in total. The first kappa shape index (κ1) is 29.8. The maximum atomic E-state index is 12.1. The van der Waals surface area contributed by atoms with Crippen LogP contribution in [0.3, 0.4) is 0 Å². The van der Waals surface area contributed by atoms with Gasteiger partial charge in [0.2, 0.25) is 0 Å². The number of carboxylic acid groups (broad SMARTS) is 1. The largest absolute Gasteiger partial charge is 0.573 e. The van der Waals surface area contributed by atoms with Gasteiger partial charge in [-0.15, -0.1) is 13.2 Å². The van der Waals surface area contributed by atoms with E-state index >= 15 is 0 Å². The van der Waals surface area contributed by atoms with Gasteiger partial charge in [0.25, 0.3) is 0 Å². The van der Waals surface area contributed by atoms with Gasteiger partial charge >= 0.3 is 12.3 Å². The zero-order valence-corrected chi connectivity index (χ0v) is 19.9. The molecule has 1 aliphatic heterocycles. The first-order valence-electron chi connectivity index (χ1n) is 11.1. The predicted molar refractivity (Wildman–Crippen MR) is 123 cm³/mol. The number of nitrogens with two attached hydrogens (primary N) is 1. The molecule has 3 unspecified atom stereocenters. The van der Waals surface area contributed by atoms with Gasteiger partial charge < -0.3 is 31.9 Å². The number of alkyl halides is 3. The van der Waals surface area contributed by atoms with Crippen LogP contribution in [-0.4, -0.2) is 67.6 Å². The standard InChI is InChI=1S/C12H16F3N3O.C10H18N2O2.H3N/c1-16-17-6-7-18(2)9-10-4-3-5-11(8-10)19-12(13,14)15;11-10-4-2-1-3-7(10)6-12-8(5-10)9(13)14;/h3-5,8H,6-7,9H2,1-2H3;7-8,12H,1-6,11H2,(H,13,14);1H3. The lowest BCUT2D eigenvalue weighted by Crippen LogP contribution is -2.62. The molecule has 34 heavy (non-hydrogen) atoms. The minimum Gasteiger partial charge on any atom is -0.480 e. The van der Waals surface area contributed by atoms with Crippen molar-refractivity contribution in [1.82, 2.24) is 16.4 Å². The van der Waals surface area contributed by atoms with E-state index in [0.29, 0.717) is 32.0 Å². The van der Waals surface area contributed by atoms with Crippen molar-refractivity contribution in [2.75, 3.05) is 33.7 Å². The van der Waals surface area contributed by atoms with Crippen LogP contribution in [0.2, 0.25) is 0 Å². The molecular formula is C22H37F3N6O3. The van der Waals surface area contributed by atoms with Crippen molar-refractivity contribution in [1.29, 1.82) is 0 Å². The molecule has 0 spiro atoms. The van der Waals surface area contributed by atoms with Crippen molar-refractivity contribution in [3.05, 3.63) is 29.8 Å². The van der Waals surface area contributed by atoms with Gasteiger partial charge in [-0.25, -0.2) is 0 Å². The van der Waals surface area contributed by atoms with Crippen LogP contribution >= 0.6 is 0 Å². The Bertz CT molecular complexity index is 795. The number of hydrogen-bond donors (Lipinski definition) is 4. The van der Waals surface area contributed by atoms with E-state index in [0.717, 1.165) is 31.4 Å². The lowest BCUT2D eigenvalue weighted by molar-refractivity contribution is -0.274. The second kappa shape index (κ2) is 13.6. The van der Waals surface area contributed by atoms with E-state index in [1.165, 1.54) is 24.6 Å². The molecule has 2 fully saturated rings. The maximum absolute atomic E-state index is 12.1.